The van der Waals surface area contributed by atoms with E-state index in [-0.39, 0.29) is 5.91 Å². The monoisotopic (exact) mass is 419 g/mol. The van der Waals surface area contributed by atoms with Crippen molar-refractivity contribution in [2.45, 2.75) is 27.4 Å². The molecule has 0 unspecified atom stereocenters. The first-order valence-electron chi connectivity index (χ1n) is 9.66. The van der Waals surface area contributed by atoms with Gasteiger partial charge in [0.15, 0.2) is 0 Å². The second kappa shape index (κ2) is 8.20. The highest BCUT2D eigenvalue weighted by atomic mass is 35.5. The van der Waals surface area contributed by atoms with Crippen LogP contribution >= 0.6 is 11.6 Å². The number of nitrogens with zero attached hydrogens (tertiary/aromatic N) is 1. The standard InChI is InChI=1S/C24H22ClN3O2/c1-14-15(2)23(26-16(3)22(14)30-13-17-7-5-4-6-8-17)28-24(29)21-11-18-9-10-19(25)12-20(18)27-21/h4-12,27H,13H2,1-3H3,(H,26,28,29). The van der Waals surface area contributed by atoms with Crippen molar-refractivity contribution in [1.82, 2.24) is 9.97 Å². The van der Waals surface area contributed by atoms with Gasteiger partial charge in [0.05, 0.1) is 5.69 Å². The topological polar surface area (TPSA) is 67.0 Å². The van der Waals surface area contributed by atoms with Gasteiger partial charge in [-0.15, -0.1) is 0 Å². The number of nitrogens with one attached hydrogen (secondary N) is 2. The minimum Gasteiger partial charge on any atom is -0.487 e. The number of carbonyl (C=O) groups excluding carboxylic acids is 1. The summed E-state index contributed by atoms with van der Waals surface area (Å²) in [6, 6.07) is 17.3. The van der Waals surface area contributed by atoms with Gasteiger partial charge < -0.3 is 15.0 Å². The summed E-state index contributed by atoms with van der Waals surface area (Å²) in [4.78, 5) is 20.5. The van der Waals surface area contributed by atoms with Crippen LogP contribution in [-0.4, -0.2) is 15.9 Å². The number of amides is 1. The number of ether oxygens (including phenoxy) is 1. The molecule has 0 saturated heterocycles. The van der Waals surface area contributed by atoms with E-state index in [9.17, 15) is 4.79 Å². The minimum absolute atomic E-state index is 0.255. The van der Waals surface area contributed by atoms with Crippen molar-refractivity contribution in [3.63, 3.8) is 0 Å². The van der Waals surface area contributed by atoms with E-state index in [1.807, 2.05) is 57.2 Å². The molecule has 0 atom stereocenters. The summed E-state index contributed by atoms with van der Waals surface area (Å²) < 4.78 is 6.04. The smallest absolute Gasteiger partial charge is 0.273 e. The zero-order chi connectivity index (χ0) is 21.3. The van der Waals surface area contributed by atoms with Gasteiger partial charge in [-0.05, 0) is 55.7 Å². The molecule has 0 bridgehead atoms. The number of pyridine rings is 1. The predicted molar refractivity (Wildman–Crippen MR) is 120 cm³/mol. The number of halogens is 1. The molecular formula is C24H22ClN3O2. The largest absolute Gasteiger partial charge is 0.487 e. The van der Waals surface area contributed by atoms with Crippen LogP contribution < -0.4 is 10.1 Å². The first-order chi connectivity index (χ1) is 14.4. The molecule has 0 saturated carbocycles. The third-order valence-electron chi connectivity index (χ3n) is 5.15. The number of benzene rings is 2. The molecule has 4 rings (SSSR count). The van der Waals surface area contributed by atoms with Crippen LogP contribution in [0.2, 0.25) is 5.02 Å². The van der Waals surface area contributed by atoms with Crippen LogP contribution in [0.25, 0.3) is 10.9 Å². The highest BCUT2D eigenvalue weighted by Crippen LogP contribution is 2.30. The lowest BCUT2D eigenvalue weighted by Gasteiger charge is -2.17. The maximum atomic E-state index is 12.8. The molecule has 0 aliphatic carbocycles. The van der Waals surface area contributed by atoms with Gasteiger partial charge in [-0.25, -0.2) is 4.98 Å². The minimum atomic E-state index is -0.255. The van der Waals surface area contributed by atoms with Crippen molar-refractivity contribution in [1.29, 1.82) is 0 Å². The summed E-state index contributed by atoms with van der Waals surface area (Å²) in [7, 11) is 0. The molecule has 4 aromatic rings. The Balaban J connectivity index is 1.55. The Hall–Kier alpha value is -3.31. The summed E-state index contributed by atoms with van der Waals surface area (Å²) in [5.41, 5.74) is 4.91. The van der Waals surface area contributed by atoms with Crippen LogP contribution in [0.1, 0.15) is 32.9 Å². The highest BCUT2D eigenvalue weighted by molar-refractivity contribution is 6.31. The number of carbonyl (C=O) groups is 1. The molecule has 1 amide bonds. The van der Waals surface area contributed by atoms with Crippen LogP contribution in [-0.2, 0) is 6.61 Å². The number of rotatable bonds is 5. The fourth-order valence-electron chi connectivity index (χ4n) is 3.38. The van der Waals surface area contributed by atoms with Crippen molar-refractivity contribution in [2.24, 2.45) is 0 Å². The van der Waals surface area contributed by atoms with Crippen LogP contribution in [0.4, 0.5) is 5.82 Å². The molecule has 0 radical (unpaired) electrons. The first-order valence-corrected chi connectivity index (χ1v) is 10.0. The Bertz CT molecular complexity index is 1230. The third kappa shape index (κ3) is 4.02. The van der Waals surface area contributed by atoms with E-state index >= 15 is 0 Å². The van der Waals surface area contributed by atoms with Crippen molar-refractivity contribution >= 4 is 34.2 Å². The van der Waals surface area contributed by atoms with Crippen molar-refractivity contribution in [3.8, 4) is 5.75 Å². The van der Waals surface area contributed by atoms with Gasteiger partial charge in [0.1, 0.15) is 23.9 Å². The van der Waals surface area contributed by atoms with E-state index in [4.69, 9.17) is 16.3 Å². The van der Waals surface area contributed by atoms with E-state index in [0.717, 1.165) is 39.0 Å². The molecule has 5 nitrogen and oxygen atoms in total. The molecule has 30 heavy (non-hydrogen) atoms. The van der Waals surface area contributed by atoms with Crippen LogP contribution in [0.5, 0.6) is 5.75 Å². The fraction of sp³-hybridized carbons (Fsp3) is 0.167. The number of aryl methyl sites for hydroxylation is 1. The van der Waals surface area contributed by atoms with E-state index in [1.54, 1.807) is 18.2 Å². The average Bonchev–Trinajstić information content (AvgIpc) is 3.16. The van der Waals surface area contributed by atoms with E-state index in [2.05, 4.69) is 15.3 Å². The molecule has 152 valence electrons. The predicted octanol–water partition coefficient (Wildman–Crippen LogP) is 5.97. The highest BCUT2D eigenvalue weighted by Gasteiger charge is 2.17. The van der Waals surface area contributed by atoms with Gasteiger partial charge in [0, 0.05) is 15.9 Å². The van der Waals surface area contributed by atoms with Gasteiger partial charge in [-0.2, -0.15) is 0 Å². The molecular weight excluding hydrogens is 398 g/mol. The fourth-order valence-corrected chi connectivity index (χ4v) is 3.55. The Kier molecular flexibility index (Phi) is 5.46. The van der Waals surface area contributed by atoms with Crippen molar-refractivity contribution in [2.75, 3.05) is 5.32 Å². The summed E-state index contributed by atoms with van der Waals surface area (Å²) in [5.74, 6) is 1.02. The SMILES string of the molecule is Cc1nc(NC(=O)c2cc3ccc(Cl)cc3[nH]2)c(C)c(C)c1OCc1ccccc1. The first kappa shape index (κ1) is 20.0. The van der Waals surface area contributed by atoms with Gasteiger partial charge in [0.25, 0.3) is 5.91 Å². The summed E-state index contributed by atoms with van der Waals surface area (Å²) in [5, 5.41) is 4.45. The molecule has 2 N–H and O–H groups in total. The molecule has 6 heteroatoms. The molecule has 2 aromatic carbocycles. The molecule has 2 aromatic heterocycles. The number of H-pyrrole nitrogens is 1. The molecule has 2 heterocycles. The maximum absolute atomic E-state index is 12.8. The van der Waals surface area contributed by atoms with Gasteiger partial charge in [0.2, 0.25) is 0 Å². The zero-order valence-electron chi connectivity index (χ0n) is 17.0. The Morgan fingerprint density at radius 2 is 1.83 bits per heavy atom. The number of aromatic nitrogens is 2. The lowest BCUT2D eigenvalue weighted by atomic mass is 10.1. The van der Waals surface area contributed by atoms with Crippen LogP contribution in [0.3, 0.4) is 0 Å². The molecule has 0 aliphatic rings. The normalized spacial score (nSPS) is 10.9. The number of aromatic amines is 1. The lowest BCUT2D eigenvalue weighted by molar-refractivity contribution is 0.102. The second-order valence-corrected chi connectivity index (χ2v) is 7.70. The Morgan fingerprint density at radius 1 is 1.07 bits per heavy atom. The van der Waals surface area contributed by atoms with Crippen molar-refractivity contribution in [3.05, 3.63) is 87.7 Å². The average molecular weight is 420 g/mol. The summed E-state index contributed by atoms with van der Waals surface area (Å²) in [6.45, 7) is 6.25. The molecule has 0 spiro atoms. The van der Waals surface area contributed by atoms with Crippen LogP contribution in [0.15, 0.2) is 54.6 Å². The number of anilines is 1. The quantitative estimate of drug-likeness (QED) is 0.418. The van der Waals surface area contributed by atoms with Crippen molar-refractivity contribution < 1.29 is 9.53 Å². The summed E-state index contributed by atoms with van der Waals surface area (Å²) in [6.07, 6.45) is 0. The maximum Gasteiger partial charge on any atom is 0.273 e. The third-order valence-corrected chi connectivity index (χ3v) is 5.39. The summed E-state index contributed by atoms with van der Waals surface area (Å²) >= 11 is 6.03. The van der Waals surface area contributed by atoms with E-state index < -0.39 is 0 Å². The molecule has 0 fully saturated rings. The Morgan fingerprint density at radius 3 is 2.60 bits per heavy atom. The second-order valence-electron chi connectivity index (χ2n) is 7.27. The zero-order valence-corrected chi connectivity index (χ0v) is 17.8. The van der Waals surface area contributed by atoms with Gasteiger partial charge in [-0.1, -0.05) is 48.0 Å². The molecule has 0 aliphatic heterocycles. The van der Waals surface area contributed by atoms with Gasteiger partial charge >= 0.3 is 0 Å². The number of hydrogen-bond acceptors (Lipinski definition) is 3. The van der Waals surface area contributed by atoms with E-state index in [0.29, 0.717) is 23.1 Å². The number of hydrogen-bond donors (Lipinski definition) is 2. The number of fused-ring (bicyclic) bond motifs is 1. The van der Waals surface area contributed by atoms with E-state index in [1.165, 1.54) is 0 Å². The van der Waals surface area contributed by atoms with Gasteiger partial charge in [-0.3, -0.25) is 4.79 Å². The lowest BCUT2D eigenvalue weighted by Crippen LogP contribution is -2.16. The Labute approximate surface area is 180 Å². The van der Waals surface area contributed by atoms with Crippen LogP contribution in [0, 0.1) is 20.8 Å².